The number of aromatic nitrogens is 4. The molecule has 0 radical (unpaired) electrons. The number of hydrogen-bond donors (Lipinski definition) is 2. The predicted octanol–water partition coefficient (Wildman–Crippen LogP) is 1.45. The molecule has 6 rings (SSSR count). The maximum atomic E-state index is 12.9. The molecule has 2 aliphatic heterocycles. The number of benzene rings is 2. The smallest absolute Gasteiger partial charge is 0.273 e. The molecule has 0 aliphatic carbocycles. The second kappa shape index (κ2) is 8.70. The topological polar surface area (TPSA) is 131 Å². The standard InChI is InChI=1S/C26H23N7O4/c1-31-18(10-15-4-2-3-5-21(15)31)12-27-24(35)20-14-33(30-29-20)17-6-7-19-16(11-17)13-32(26(19)37)22-8-9-23(34)28-25(22)36/h2-7,10-11,14,22H,8-9,12-13H2,1H3,(H,27,35)(H,28,34,36). The Labute approximate surface area is 211 Å². The third-order valence-corrected chi connectivity index (χ3v) is 6.98. The first-order valence-corrected chi connectivity index (χ1v) is 11.9. The van der Waals surface area contributed by atoms with Crippen molar-refractivity contribution in [1.29, 1.82) is 0 Å². The van der Waals surface area contributed by atoms with Crippen molar-refractivity contribution in [2.45, 2.75) is 32.0 Å². The number of nitrogens with zero attached hydrogens (tertiary/aromatic N) is 5. The summed E-state index contributed by atoms with van der Waals surface area (Å²) in [5, 5.41) is 14.4. The van der Waals surface area contributed by atoms with Gasteiger partial charge in [0.05, 0.1) is 18.4 Å². The lowest BCUT2D eigenvalue weighted by Gasteiger charge is -2.29. The lowest BCUT2D eigenvalue weighted by molar-refractivity contribution is -0.136. The Morgan fingerprint density at radius 1 is 1.14 bits per heavy atom. The summed E-state index contributed by atoms with van der Waals surface area (Å²) in [7, 11) is 1.96. The molecule has 0 bridgehead atoms. The van der Waals surface area contributed by atoms with E-state index in [1.807, 2.05) is 41.9 Å². The van der Waals surface area contributed by atoms with Crippen LogP contribution in [0.15, 0.2) is 54.7 Å². The SMILES string of the molecule is Cn1c(CNC(=O)c2cn(-c3ccc4c(c3)CN(C3CCC(=O)NC3=O)C4=O)nn2)cc2ccccc21. The third kappa shape index (κ3) is 3.94. The maximum absolute atomic E-state index is 12.9. The fourth-order valence-corrected chi connectivity index (χ4v) is 4.97. The van der Waals surface area contributed by atoms with Gasteiger partial charge in [0.1, 0.15) is 6.04 Å². The molecule has 1 fully saturated rings. The van der Waals surface area contributed by atoms with Crippen molar-refractivity contribution in [2.24, 2.45) is 7.05 Å². The van der Waals surface area contributed by atoms with Crippen molar-refractivity contribution in [2.75, 3.05) is 0 Å². The average Bonchev–Trinajstić information content (AvgIpc) is 3.59. The highest BCUT2D eigenvalue weighted by atomic mass is 16.2. The van der Waals surface area contributed by atoms with Gasteiger partial charge in [-0.1, -0.05) is 23.4 Å². The van der Waals surface area contributed by atoms with E-state index < -0.39 is 11.9 Å². The molecule has 1 unspecified atom stereocenters. The summed E-state index contributed by atoms with van der Waals surface area (Å²) in [5.41, 5.74) is 4.10. The molecule has 11 nitrogen and oxygen atoms in total. The van der Waals surface area contributed by atoms with Gasteiger partial charge < -0.3 is 14.8 Å². The van der Waals surface area contributed by atoms with Gasteiger partial charge in [0.15, 0.2) is 5.69 Å². The molecular formula is C26H23N7O4. The number of fused-ring (bicyclic) bond motifs is 2. The predicted molar refractivity (Wildman–Crippen MR) is 131 cm³/mol. The Hall–Kier alpha value is -4.80. The molecule has 4 heterocycles. The van der Waals surface area contributed by atoms with E-state index in [0.29, 0.717) is 24.2 Å². The highest BCUT2D eigenvalue weighted by molar-refractivity contribution is 6.05. The molecule has 11 heteroatoms. The first-order chi connectivity index (χ1) is 17.9. The number of nitrogens with one attached hydrogen (secondary N) is 2. The largest absolute Gasteiger partial charge is 0.346 e. The van der Waals surface area contributed by atoms with Gasteiger partial charge in [-0.2, -0.15) is 0 Å². The average molecular weight is 498 g/mol. The zero-order valence-corrected chi connectivity index (χ0v) is 20.0. The molecule has 4 aromatic rings. The van der Waals surface area contributed by atoms with E-state index >= 15 is 0 Å². The van der Waals surface area contributed by atoms with Gasteiger partial charge in [-0.15, -0.1) is 5.10 Å². The number of aryl methyl sites for hydroxylation is 1. The van der Waals surface area contributed by atoms with Crippen LogP contribution in [0.25, 0.3) is 16.6 Å². The number of carbonyl (C=O) groups is 4. The quantitative estimate of drug-likeness (QED) is 0.401. The monoisotopic (exact) mass is 497 g/mol. The van der Waals surface area contributed by atoms with Crippen LogP contribution >= 0.6 is 0 Å². The van der Waals surface area contributed by atoms with E-state index in [0.717, 1.165) is 22.2 Å². The molecule has 0 spiro atoms. The van der Waals surface area contributed by atoms with Gasteiger partial charge >= 0.3 is 0 Å². The third-order valence-electron chi connectivity index (χ3n) is 6.98. The van der Waals surface area contributed by atoms with Crippen molar-refractivity contribution < 1.29 is 19.2 Å². The lowest BCUT2D eigenvalue weighted by atomic mass is 10.0. The normalized spacial score (nSPS) is 17.3. The fourth-order valence-electron chi connectivity index (χ4n) is 4.97. The van der Waals surface area contributed by atoms with Gasteiger partial charge in [-0.05, 0) is 47.7 Å². The number of amides is 4. The summed E-state index contributed by atoms with van der Waals surface area (Å²) in [6, 6.07) is 14.6. The maximum Gasteiger partial charge on any atom is 0.273 e. The fraction of sp³-hybridized carbons (Fsp3) is 0.231. The molecule has 1 atom stereocenters. The highest BCUT2D eigenvalue weighted by Gasteiger charge is 2.39. The van der Waals surface area contributed by atoms with Crippen LogP contribution in [0.3, 0.4) is 0 Å². The van der Waals surface area contributed by atoms with Crippen LogP contribution in [0, 0.1) is 0 Å². The van der Waals surface area contributed by atoms with Crippen LogP contribution in [-0.4, -0.2) is 54.1 Å². The lowest BCUT2D eigenvalue weighted by Crippen LogP contribution is -2.52. The first-order valence-electron chi connectivity index (χ1n) is 11.9. The van der Waals surface area contributed by atoms with Crippen molar-refractivity contribution in [3.8, 4) is 5.69 Å². The zero-order chi connectivity index (χ0) is 25.7. The summed E-state index contributed by atoms with van der Waals surface area (Å²) in [4.78, 5) is 50.9. The Kier molecular flexibility index (Phi) is 5.32. The Bertz CT molecular complexity index is 1600. The van der Waals surface area contributed by atoms with Gasteiger partial charge in [0.2, 0.25) is 11.8 Å². The van der Waals surface area contributed by atoms with Crippen LogP contribution < -0.4 is 10.6 Å². The Balaban J connectivity index is 1.15. The van der Waals surface area contributed by atoms with Crippen LogP contribution in [0.1, 0.15) is 44.9 Å². The summed E-state index contributed by atoms with van der Waals surface area (Å²) < 4.78 is 3.52. The molecule has 4 amide bonds. The van der Waals surface area contributed by atoms with Crippen molar-refractivity contribution in [3.63, 3.8) is 0 Å². The molecule has 1 saturated heterocycles. The summed E-state index contributed by atoms with van der Waals surface area (Å²) in [5.74, 6) is -1.37. The second-order valence-corrected chi connectivity index (χ2v) is 9.23. The van der Waals surface area contributed by atoms with Gasteiger partial charge in [0.25, 0.3) is 11.8 Å². The minimum absolute atomic E-state index is 0.167. The van der Waals surface area contributed by atoms with E-state index in [2.05, 4.69) is 20.9 Å². The van der Waals surface area contributed by atoms with Crippen LogP contribution in [0.2, 0.25) is 0 Å². The number of piperidine rings is 1. The van der Waals surface area contributed by atoms with Crippen LogP contribution in [-0.2, 0) is 29.7 Å². The summed E-state index contributed by atoms with van der Waals surface area (Å²) >= 11 is 0. The summed E-state index contributed by atoms with van der Waals surface area (Å²) in [6.45, 7) is 0.593. The zero-order valence-electron chi connectivity index (χ0n) is 20.0. The summed E-state index contributed by atoms with van der Waals surface area (Å²) in [6.07, 6.45) is 2.04. The van der Waals surface area contributed by atoms with E-state index in [4.69, 9.17) is 0 Å². The molecule has 186 valence electrons. The Morgan fingerprint density at radius 2 is 1.97 bits per heavy atom. The van der Waals surface area contributed by atoms with E-state index in [-0.39, 0.29) is 36.4 Å². The number of para-hydroxylation sites is 1. The molecule has 37 heavy (non-hydrogen) atoms. The van der Waals surface area contributed by atoms with E-state index in [1.165, 1.54) is 15.8 Å². The second-order valence-electron chi connectivity index (χ2n) is 9.23. The minimum atomic E-state index is -0.676. The number of hydrogen-bond acceptors (Lipinski definition) is 6. The van der Waals surface area contributed by atoms with Crippen molar-refractivity contribution in [1.82, 2.24) is 35.1 Å². The van der Waals surface area contributed by atoms with Crippen molar-refractivity contribution in [3.05, 3.63) is 77.2 Å². The number of carbonyl (C=O) groups excluding carboxylic acids is 4. The van der Waals surface area contributed by atoms with Gasteiger partial charge in [0, 0.05) is 36.8 Å². The van der Waals surface area contributed by atoms with E-state index in [9.17, 15) is 19.2 Å². The molecular weight excluding hydrogens is 474 g/mol. The van der Waals surface area contributed by atoms with Crippen molar-refractivity contribution >= 4 is 34.5 Å². The molecule has 2 aromatic heterocycles. The number of imide groups is 1. The van der Waals surface area contributed by atoms with Crippen LogP contribution in [0.5, 0.6) is 0 Å². The van der Waals surface area contributed by atoms with Gasteiger partial charge in [-0.25, -0.2) is 4.68 Å². The van der Waals surface area contributed by atoms with E-state index in [1.54, 1.807) is 18.2 Å². The van der Waals surface area contributed by atoms with Crippen LogP contribution in [0.4, 0.5) is 0 Å². The molecule has 2 N–H and O–H groups in total. The molecule has 2 aliphatic rings. The number of rotatable bonds is 5. The molecule has 2 aromatic carbocycles. The highest BCUT2D eigenvalue weighted by Crippen LogP contribution is 2.29. The van der Waals surface area contributed by atoms with Gasteiger partial charge in [-0.3, -0.25) is 24.5 Å². The minimum Gasteiger partial charge on any atom is -0.346 e. The first kappa shape index (κ1) is 22.7. The Morgan fingerprint density at radius 3 is 2.78 bits per heavy atom. The molecule has 0 saturated carbocycles.